The molecule has 0 aliphatic heterocycles. The first-order valence-corrected chi connectivity index (χ1v) is 4.96. The van der Waals surface area contributed by atoms with Crippen LogP contribution in [0.2, 0.25) is 0 Å². The molecule has 0 saturated carbocycles. The maximum absolute atomic E-state index is 5.81. The molecule has 0 radical (unpaired) electrons. The Hall–Kier alpha value is -0.380. The van der Waals surface area contributed by atoms with Gasteiger partial charge in [0.2, 0.25) is 0 Å². The smallest absolute Gasteiger partial charge is 0.145 e. The van der Waals surface area contributed by atoms with Crippen LogP contribution in [0, 0.1) is 0 Å². The normalized spacial score (nSPS) is 12.4. The van der Waals surface area contributed by atoms with Crippen LogP contribution >= 0.6 is 39.1 Å². The minimum Gasteiger partial charge on any atom is -0.145 e. The summed E-state index contributed by atoms with van der Waals surface area (Å²) in [7, 11) is 0. The van der Waals surface area contributed by atoms with Gasteiger partial charge in [-0.3, -0.25) is 0 Å². The van der Waals surface area contributed by atoms with E-state index in [1.807, 2.05) is 24.3 Å². The third-order valence-corrected chi connectivity index (χ3v) is 2.13. The van der Waals surface area contributed by atoms with E-state index in [0.717, 1.165) is 15.7 Å². The van der Waals surface area contributed by atoms with Gasteiger partial charge in [0, 0.05) is 10.0 Å². The van der Waals surface area contributed by atoms with Crippen LogP contribution in [0.5, 0.6) is 0 Å². The summed E-state index contributed by atoms with van der Waals surface area (Å²) < 4.78 is 0.938. The molecule has 0 fully saturated rings. The fraction of sp³-hybridized carbons (Fsp3) is 0. The van der Waals surface area contributed by atoms with Gasteiger partial charge in [-0.15, -0.1) is 10.2 Å². The molecule has 0 aromatic heterocycles. The molecule has 0 amide bonds. The summed E-state index contributed by atoms with van der Waals surface area (Å²) in [6.07, 6.45) is 0. The van der Waals surface area contributed by atoms with Crippen molar-refractivity contribution in [2.24, 2.45) is 10.2 Å². The lowest BCUT2D eigenvalue weighted by atomic mass is 10.2. The van der Waals surface area contributed by atoms with Gasteiger partial charge in [0.15, 0.2) is 5.17 Å². The second-order valence-electron chi connectivity index (χ2n) is 2.11. The van der Waals surface area contributed by atoms with Crippen molar-refractivity contribution >= 4 is 50.0 Å². The summed E-state index contributed by atoms with van der Waals surface area (Å²) in [5.74, 6) is 0. The number of hydrogen-bond donors (Lipinski definition) is 0. The largest absolute Gasteiger partial charge is 0.158 e. The fourth-order valence-corrected chi connectivity index (χ4v) is 1.35. The molecule has 1 aromatic carbocycles. The molecule has 2 nitrogen and oxygen atoms in total. The lowest BCUT2D eigenvalue weighted by molar-refractivity contribution is 1.27. The van der Waals surface area contributed by atoms with Crippen molar-refractivity contribution < 1.29 is 0 Å². The summed E-state index contributed by atoms with van der Waals surface area (Å²) in [6.45, 7) is 0. The Morgan fingerprint density at radius 3 is 2.85 bits per heavy atom. The fourth-order valence-electron chi connectivity index (χ4n) is 0.747. The van der Waals surface area contributed by atoms with E-state index >= 15 is 0 Å². The first kappa shape index (κ1) is 10.7. The monoisotopic (exact) mass is 278 g/mol. The lowest BCUT2D eigenvalue weighted by Gasteiger charge is -1.96. The summed E-state index contributed by atoms with van der Waals surface area (Å²) in [5.41, 5.74) is 1.85. The third-order valence-electron chi connectivity index (χ3n) is 1.25. The van der Waals surface area contributed by atoms with E-state index in [1.165, 1.54) is 0 Å². The van der Waals surface area contributed by atoms with Crippen LogP contribution in [0.1, 0.15) is 5.56 Å². The average molecular weight is 280 g/mol. The topological polar surface area (TPSA) is 24.7 Å². The zero-order chi connectivity index (χ0) is 9.68. The van der Waals surface area contributed by atoms with Crippen LogP contribution in [0.3, 0.4) is 0 Å². The molecule has 0 aliphatic rings. The summed E-state index contributed by atoms with van der Waals surface area (Å²) in [6, 6.07) is 7.44. The molecule has 5 heteroatoms. The van der Waals surface area contributed by atoms with E-state index in [2.05, 4.69) is 26.1 Å². The number of benzene rings is 1. The Morgan fingerprint density at radius 1 is 1.46 bits per heavy atom. The molecule has 0 heterocycles. The second kappa shape index (κ2) is 5.37. The van der Waals surface area contributed by atoms with Crippen LogP contribution < -0.4 is 0 Å². The van der Waals surface area contributed by atoms with Crippen molar-refractivity contribution in [1.82, 2.24) is 0 Å². The van der Waals surface area contributed by atoms with E-state index in [9.17, 15) is 0 Å². The molecule has 0 saturated heterocycles. The maximum atomic E-state index is 5.81. The van der Waals surface area contributed by atoms with Crippen molar-refractivity contribution in [1.29, 1.82) is 0 Å². The van der Waals surface area contributed by atoms with Gasteiger partial charge in [-0.1, -0.05) is 51.3 Å². The molecule has 68 valence electrons. The minimum atomic E-state index is 0.304. The Kier molecular flexibility index (Phi) is 4.42. The average Bonchev–Trinajstić information content (AvgIpc) is 2.14. The van der Waals surface area contributed by atoms with Crippen molar-refractivity contribution in [2.75, 3.05) is 0 Å². The lowest BCUT2D eigenvalue weighted by Crippen LogP contribution is -1.89. The Labute approximate surface area is 94.4 Å². The van der Waals surface area contributed by atoms with Crippen molar-refractivity contribution in [3.63, 3.8) is 0 Å². The highest BCUT2D eigenvalue weighted by Gasteiger charge is 1.98. The van der Waals surface area contributed by atoms with E-state index in [1.54, 1.807) is 0 Å². The van der Waals surface area contributed by atoms with Gasteiger partial charge in [-0.25, -0.2) is 0 Å². The molecule has 0 atom stereocenters. The van der Waals surface area contributed by atoms with Gasteiger partial charge < -0.3 is 0 Å². The highest BCUT2D eigenvalue weighted by atomic mass is 79.9. The second-order valence-corrected chi connectivity index (χ2v) is 3.58. The summed E-state index contributed by atoms with van der Waals surface area (Å²) in [5, 5.41) is 7.42. The molecule has 0 unspecified atom stereocenters. The van der Waals surface area contributed by atoms with Crippen LogP contribution in [0.25, 0.3) is 0 Å². The van der Waals surface area contributed by atoms with Gasteiger partial charge in [-0.2, -0.15) is 0 Å². The Morgan fingerprint density at radius 2 is 2.23 bits per heavy atom. The first-order chi connectivity index (χ1) is 6.24. The van der Waals surface area contributed by atoms with E-state index in [4.69, 9.17) is 23.2 Å². The van der Waals surface area contributed by atoms with E-state index in [-0.39, 0.29) is 0 Å². The van der Waals surface area contributed by atoms with Gasteiger partial charge >= 0.3 is 0 Å². The molecule has 1 rings (SSSR count). The Balaban J connectivity index is 2.94. The quantitative estimate of drug-likeness (QED) is 0.584. The zero-order valence-electron chi connectivity index (χ0n) is 6.42. The molecular weight excluding hydrogens is 275 g/mol. The minimum absolute atomic E-state index is 0.304. The molecule has 0 N–H and O–H groups in total. The highest BCUT2D eigenvalue weighted by molar-refractivity contribution is 9.10. The van der Waals surface area contributed by atoms with Gasteiger partial charge in [0.25, 0.3) is 0 Å². The standard InChI is InChI=1S/C8H5BrCl2N2/c9-7-3-1-2-6(4-7)8(11)13-12-5-10/h1-5H/b12-5-,13-8?. The number of halogens is 3. The number of hydrogen-bond acceptors (Lipinski definition) is 2. The SMILES string of the molecule is Cl/C=N\N=C(Cl)c1cccc(Br)c1. The zero-order valence-corrected chi connectivity index (χ0v) is 9.51. The first-order valence-electron chi connectivity index (χ1n) is 3.35. The van der Waals surface area contributed by atoms with Crippen molar-refractivity contribution in [3.8, 4) is 0 Å². The van der Waals surface area contributed by atoms with E-state index in [0.29, 0.717) is 5.17 Å². The highest BCUT2D eigenvalue weighted by Crippen LogP contribution is 2.13. The molecule has 0 spiro atoms. The number of rotatable bonds is 2. The van der Waals surface area contributed by atoms with Crippen LogP contribution in [-0.2, 0) is 0 Å². The predicted molar refractivity (Wildman–Crippen MR) is 60.9 cm³/mol. The third kappa shape index (κ3) is 3.46. The molecule has 1 aromatic rings. The predicted octanol–water partition coefficient (Wildman–Crippen LogP) is 3.62. The van der Waals surface area contributed by atoms with Gasteiger partial charge in [-0.05, 0) is 12.1 Å². The van der Waals surface area contributed by atoms with Crippen LogP contribution in [0.4, 0.5) is 0 Å². The van der Waals surface area contributed by atoms with E-state index < -0.39 is 0 Å². The summed E-state index contributed by atoms with van der Waals surface area (Å²) in [4.78, 5) is 0. The van der Waals surface area contributed by atoms with Crippen LogP contribution in [0.15, 0.2) is 38.9 Å². The molecule has 0 aliphatic carbocycles. The molecular formula is C8H5BrCl2N2. The number of nitrogens with zero attached hydrogens (tertiary/aromatic N) is 2. The van der Waals surface area contributed by atoms with Crippen LogP contribution in [-0.4, -0.2) is 10.8 Å². The van der Waals surface area contributed by atoms with Gasteiger partial charge in [0.05, 0.1) is 0 Å². The molecule has 0 bridgehead atoms. The summed E-state index contributed by atoms with van der Waals surface area (Å²) >= 11 is 14.3. The van der Waals surface area contributed by atoms with Crippen molar-refractivity contribution in [2.45, 2.75) is 0 Å². The Bertz CT molecular complexity index is 350. The van der Waals surface area contributed by atoms with Gasteiger partial charge in [0.1, 0.15) is 5.67 Å². The van der Waals surface area contributed by atoms with Crippen molar-refractivity contribution in [3.05, 3.63) is 34.3 Å². The maximum Gasteiger partial charge on any atom is 0.158 e. The molecule has 13 heavy (non-hydrogen) atoms.